The number of ketones is 1. The number of ether oxygens (including phenoxy) is 2. The quantitative estimate of drug-likeness (QED) is 0.282. The molecule has 0 radical (unpaired) electrons. The molecule has 1 saturated carbocycles. The molecule has 0 aromatic heterocycles. The second-order valence-corrected chi connectivity index (χ2v) is 11.9. The van der Waals surface area contributed by atoms with Crippen molar-refractivity contribution >= 4 is 23.5 Å². The molecular weight excluding hydrogens is 550 g/mol. The van der Waals surface area contributed by atoms with Gasteiger partial charge in [0.25, 0.3) is 5.92 Å². The molecule has 42 heavy (non-hydrogen) atoms. The summed E-state index contributed by atoms with van der Waals surface area (Å²) in [4.78, 5) is 53.7. The van der Waals surface area contributed by atoms with Crippen molar-refractivity contribution in [3.8, 4) is 5.75 Å². The molecule has 2 aliphatic heterocycles. The lowest BCUT2D eigenvalue weighted by Crippen LogP contribution is -2.55. The Kier molecular flexibility index (Phi) is 10.5. The zero-order chi connectivity index (χ0) is 30.3. The molecule has 10 nitrogen and oxygen atoms in total. The second-order valence-electron chi connectivity index (χ2n) is 11.9. The Balaban J connectivity index is 1.38. The molecule has 1 aromatic carbocycles. The van der Waals surface area contributed by atoms with Crippen LogP contribution in [0.2, 0.25) is 0 Å². The van der Waals surface area contributed by atoms with E-state index in [9.17, 15) is 28.0 Å². The fourth-order valence-corrected chi connectivity index (χ4v) is 5.63. The highest BCUT2D eigenvalue weighted by Crippen LogP contribution is 2.33. The number of Topliss-reactive ketones (excluding diaryl/α,β-unsaturated/α-hetero) is 1. The number of likely N-dealkylation sites (tertiary alicyclic amines) is 1. The van der Waals surface area contributed by atoms with Crippen LogP contribution in [0.25, 0.3) is 0 Å². The van der Waals surface area contributed by atoms with Crippen molar-refractivity contribution in [2.45, 2.75) is 81.9 Å². The van der Waals surface area contributed by atoms with Gasteiger partial charge in [-0.1, -0.05) is 37.8 Å². The number of piperidine rings is 1. The minimum absolute atomic E-state index is 0.0923. The molecule has 3 N–H and O–H groups in total. The van der Waals surface area contributed by atoms with E-state index in [4.69, 9.17) is 9.47 Å². The Morgan fingerprint density at radius 2 is 1.67 bits per heavy atom. The summed E-state index contributed by atoms with van der Waals surface area (Å²) in [6.45, 7) is 1.76. The van der Waals surface area contributed by atoms with Gasteiger partial charge in [-0.3, -0.25) is 24.1 Å². The molecule has 3 fully saturated rings. The fraction of sp³-hybridized carbons (Fsp3) is 0.667. The Hall–Kier alpha value is -3.12. The first-order valence-electron chi connectivity index (χ1n) is 14.7. The number of amides is 3. The summed E-state index contributed by atoms with van der Waals surface area (Å²) in [6.07, 6.45) is 4.25. The number of rotatable bonds is 14. The molecule has 1 aromatic rings. The third-order valence-electron chi connectivity index (χ3n) is 8.43. The van der Waals surface area contributed by atoms with E-state index in [1.54, 1.807) is 43.2 Å². The average molecular weight is 593 g/mol. The number of benzene rings is 1. The van der Waals surface area contributed by atoms with Crippen molar-refractivity contribution in [1.82, 2.24) is 20.9 Å². The van der Waals surface area contributed by atoms with Crippen LogP contribution in [-0.4, -0.2) is 91.9 Å². The molecule has 2 saturated heterocycles. The first-order valence-corrected chi connectivity index (χ1v) is 14.7. The van der Waals surface area contributed by atoms with Crippen LogP contribution < -0.4 is 20.7 Å². The van der Waals surface area contributed by atoms with Crippen LogP contribution in [0.3, 0.4) is 0 Å². The highest BCUT2D eigenvalue weighted by Gasteiger charge is 2.50. The Morgan fingerprint density at radius 3 is 2.26 bits per heavy atom. The Morgan fingerprint density at radius 1 is 1.02 bits per heavy atom. The SMILES string of the molecule is COc1ccc(CC(NC(=O)CNC(=O)CN2CCC(F)(F)CC2)C(=O)NC(CC2CCCC2)C(=O)C2(C)CO2)cc1. The van der Waals surface area contributed by atoms with E-state index >= 15 is 0 Å². The molecule has 4 rings (SSSR count). The third-order valence-corrected chi connectivity index (χ3v) is 8.43. The summed E-state index contributed by atoms with van der Waals surface area (Å²) in [5.41, 5.74) is -0.141. The van der Waals surface area contributed by atoms with Crippen molar-refractivity contribution in [3.05, 3.63) is 29.8 Å². The number of carbonyl (C=O) groups excluding carboxylic acids is 4. The van der Waals surface area contributed by atoms with E-state index in [-0.39, 0.29) is 51.2 Å². The molecule has 3 unspecified atom stereocenters. The first kappa shape index (κ1) is 31.8. The number of nitrogens with one attached hydrogen (secondary N) is 3. The van der Waals surface area contributed by atoms with Gasteiger partial charge in [0.2, 0.25) is 17.7 Å². The summed E-state index contributed by atoms with van der Waals surface area (Å²) in [7, 11) is 1.55. The minimum atomic E-state index is -2.71. The smallest absolute Gasteiger partial charge is 0.250 e. The van der Waals surface area contributed by atoms with Crippen molar-refractivity contribution < 1.29 is 37.4 Å². The Bertz CT molecular complexity index is 1110. The summed E-state index contributed by atoms with van der Waals surface area (Å²) < 4.78 is 37.4. The second kappa shape index (κ2) is 13.9. The largest absolute Gasteiger partial charge is 0.497 e. The van der Waals surface area contributed by atoms with Gasteiger partial charge in [0.1, 0.15) is 17.4 Å². The number of alkyl halides is 2. The van der Waals surface area contributed by atoms with Crippen LogP contribution in [-0.2, 0) is 30.3 Å². The lowest BCUT2D eigenvalue weighted by molar-refractivity contribution is -0.133. The number of epoxide rings is 1. The molecule has 12 heteroatoms. The topological polar surface area (TPSA) is 129 Å². The summed E-state index contributed by atoms with van der Waals surface area (Å²) >= 11 is 0. The van der Waals surface area contributed by atoms with E-state index in [0.717, 1.165) is 31.2 Å². The van der Waals surface area contributed by atoms with Crippen LogP contribution in [0.5, 0.6) is 5.75 Å². The lowest BCUT2D eigenvalue weighted by Gasteiger charge is -2.31. The molecule has 0 spiro atoms. The zero-order valence-electron chi connectivity index (χ0n) is 24.4. The van der Waals surface area contributed by atoms with Gasteiger partial charge in [-0.05, 0) is 37.0 Å². The minimum Gasteiger partial charge on any atom is -0.497 e. The standard InChI is InChI=1S/C30H42F2N4O6/c1-29(19-42-29)27(39)23(15-20-5-3-4-6-20)35-28(40)24(16-21-7-9-22(41-2)10-8-21)34-25(37)17-33-26(38)18-36-13-11-30(31,32)12-14-36/h7-10,20,23-24H,3-6,11-19H2,1-2H3,(H,33,38)(H,34,37)(H,35,40). The van der Waals surface area contributed by atoms with Crippen LogP contribution in [0.4, 0.5) is 8.78 Å². The maximum Gasteiger partial charge on any atom is 0.250 e. The first-order chi connectivity index (χ1) is 20.0. The fourth-order valence-electron chi connectivity index (χ4n) is 5.63. The van der Waals surface area contributed by atoms with Crippen molar-refractivity contribution in [3.63, 3.8) is 0 Å². The molecular formula is C30H42F2N4O6. The van der Waals surface area contributed by atoms with Gasteiger partial charge in [0.15, 0.2) is 5.78 Å². The predicted molar refractivity (Wildman–Crippen MR) is 150 cm³/mol. The molecule has 3 atom stereocenters. The normalized spacial score (nSPS) is 23.4. The average Bonchev–Trinajstić information content (AvgIpc) is 3.50. The van der Waals surface area contributed by atoms with Crippen molar-refractivity contribution in [2.75, 3.05) is 39.9 Å². The van der Waals surface area contributed by atoms with E-state index in [1.807, 2.05) is 0 Å². The highest BCUT2D eigenvalue weighted by atomic mass is 19.3. The van der Waals surface area contributed by atoms with Gasteiger partial charge in [-0.15, -0.1) is 0 Å². The van der Waals surface area contributed by atoms with Crippen molar-refractivity contribution in [2.24, 2.45) is 5.92 Å². The molecule has 3 amide bonds. The van der Waals surface area contributed by atoms with Gasteiger partial charge in [0, 0.05) is 32.4 Å². The van der Waals surface area contributed by atoms with E-state index < -0.39 is 41.3 Å². The molecule has 3 aliphatic rings. The van der Waals surface area contributed by atoms with E-state index in [2.05, 4.69) is 16.0 Å². The van der Waals surface area contributed by atoms with Gasteiger partial charge in [-0.25, -0.2) is 8.78 Å². The maximum atomic E-state index is 13.6. The summed E-state index contributed by atoms with van der Waals surface area (Å²) in [5.74, 6) is -3.46. The number of nitrogens with zero attached hydrogens (tertiary/aromatic N) is 1. The number of methoxy groups -OCH3 is 1. The molecule has 1 aliphatic carbocycles. The number of hydrogen-bond acceptors (Lipinski definition) is 7. The highest BCUT2D eigenvalue weighted by molar-refractivity contribution is 5.98. The molecule has 232 valence electrons. The number of hydrogen-bond donors (Lipinski definition) is 3. The van der Waals surface area contributed by atoms with Crippen molar-refractivity contribution in [1.29, 1.82) is 0 Å². The van der Waals surface area contributed by atoms with Crippen LogP contribution in [0.1, 0.15) is 57.4 Å². The molecule has 2 heterocycles. The number of halogens is 2. The van der Waals surface area contributed by atoms with Crippen LogP contribution >= 0.6 is 0 Å². The monoisotopic (exact) mass is 592 g/mol. The lowest BCUT2D eigenvalue weighted by atomic mass is 9.90. The maximum absolute atomic E-state index is 13.6. The summed E-state index contributed by atoms with van der Waals surface area (Å²) in [6, 6.07) is 5.32. The van der Waals surface area contributed by atoms with Gasteiger partial charge in [-0.2, -0.15) is 0 Å². The van der Waals surface area contributed by atoms with E-state index in [0.29, 0.717) is 24.7 Å². The van der Waals surface area contributed by atoms with Gasteiger partial charge < -0.3 is 25.4 Å². The Labute approximate surface area is 245 Å². The summed E-state index contributed by atoms with van der Waals surface area (Å²) in [5, 5.41) is 8.11. The number of carbonyl (C=O) groups is 4. The van der Waals surface area contributed by atoms with Crippen LogP contribution in [0, 0.1) is 5.92 Å². The van der Waals surface area contributed by atoms with Gasteiger partial charge >= 0.3 is 0 Å². The van der Waals surface area contributed by atoms with Gasteiger partial charge in [0.05, 0.1) is 32.8 Å². The third kappa shape index (κ3) is 9.19. The van der Waals surface area contributed by atoms with Crippen LogP contribution in [0.15, 0.2) is 24.3 Å². The zero-order valence-corrected chi connectivity index (χ0v) is 24.4. The van der Waals surface area contributed by atoms with E-state index in [1.165, 1.54) is 0 Å². The molecule has 0 bridgehead atoms. The predicted octanol–water partition coefficient (Wildman–Crippen LogP) is 1.99.